The third kappa shape index (κ3) is 2.06. The standard InChI is InChI=1S/C11H12N2.ClH/c12-7-9-3-1-2-4-10(9)11(13)8-5-6-8;/h1-4,8,11H,5-6,13H2;1H/t11-;/m0./s1. The maximum Gasteiger partial charge on any atom is 0.0995 e. The molecule has 1 aliphatic carbocycles. The quantitative estimate of drug-likeness (QED) is 0.812. The molecule has 2 N–H and O–H groups in total. The van der Waals surface area contributed by atoms with Crippen LogP contribution in [0.2, 0.25) is 0 Å². The van der Waals surface area contributed by atoms with Crippen LogP contribution in [-0.4, -0.2) is 0 Å². The second kappa shape index (κ2) is 4.45. The molecule has 3 heteroatoms. The molecule has 0 amide bonds. The summed E-state index contributed by atoms with van der Waals surface area (Å²) in [5, 5.41) is 8.86. The normalized spacial score (nSPS) is 16.6. The first-order valence-corrected chi connectivity index (χ1v) is 4.57. The van der Waals surface area contributed by atoms with Crippen molar-refractivity contribution in [2.45, 2.75) is 18.9 Å². The van der Waals surface area contributed by atoms with E-state index in [4.69, 9.17) is 11.0 Å². The monoisotopic (exact) mass is 208 g/mol. The highest BCUT2D eigenvalue weighted by atomic mass is 35.5. The Hall–Kier alpha value is -1.04. The molecule has 1 atom stereocenters. The Morgan fingerprint density at radius 2 is 2.00 bits per heavy atom. The maximum atomic E-state index is 8.86. The van der Waals surface area contributed by atoms with Crippen molar-refractivity contribution in [3.05, 3.63) is 35.4 Å². The van der Waals surface area contributed by atoms with Gasteiger partial charge in [0.2, 0.25) is 0 Å². The highest BCUT2D eigenvalue weighted by molar-refractivity contribution is 5.85. The van der Waals surface area contributed by atoms with Gasteiger partial charge in [0.15, 0.2) is 0 Å². The maximum absolute atomic E-state index is 8.86. The van der Waals surface area contributed by atoms with Crippen LogP contribution in [0.4, 0.5) is 0 Å². The van der Waals surface area contributed by atoms with Gasteiger partial charge in [0.05, 0.1) is 11.6 Å². The largest absolute Gasteiger partial charge is 0.324 e. The average molecular weight is 209 g/mol. The SMILES string of the molecule is Cl.N#Cc1ccccc1[C@@H](N)C1CC1. The molecule has 0 saturated heterocycles. The predicted molar refractivity (Wildman–Crippen MR) is 58.1 cm³/mol. The van der Waals surface area contributed by atoms with Gasteiger partial charge in [-0.2, -0.15) is 5.26 Å². The number of rotatable bonds is 2. The van der Waals surface area contributed by atoms with E-state index in [2.05, 4.69) is 6.07 Å². The molecule has 1 aromatic rings. The van der Waals surface area contributed by atoms with E-state index < -0.39 is 0 Å². The molecule has 14 heavy (non-hydrogen) atoms. The molecule has 0 radical (unpaired) electrons. The van der Waals surface area contributed by atoms with E-state index in [1.54, 1.807) is 0 Å². The fourth-order valence-electron chi connectivity index (χ4n) is 1.60. The minimum atomic E-state index is 0. The number of nitriles is 1. The van der Waals surface area contributed by atoms with Gasteiger partial charge in [-0.3, -0.25) is 0 Å². The summed E-state index contributed by atoms with van der Waals surface area (Å²) in [5.41, 5.74) is 7.76. The number of benzene rings is 1. The van der Waals surface area contributed by atoms with Gasteiger partial charge < -0.3 is 5.73 Å². The molecule has 0 heterocycles. The zero-order valence-corrected chi connectivity index (χ0v) is 8.63. The van der Waals surface area contributed by atoms with Gasteiger partial charge >= 0.3 is 0 Å². The van der Waals surface area contributed by atoms with Crippen LogP contribution in [0.5, 0.6) is 0 Å². The molecule has 0 aromatic heterocycles. The number of nitrogens with zero attached hydrogens (tertiary/aromatic N) is 1. The minimum Gasteiger partial charge on any atom is -0.324 e. The minimum absolute atomic E-state index is 0. The van der Waals surface area contributed by atoms with Gasteiger partial charge in [-0.1, -0.05) is 18.2 Å². The number of halogens is 1. The van der Waals surface area contributed by atoms with Crippen molar-refractivity contribution in [1.82, 2.24) is 0 Å². The van der Waals surface area contributed by atoms with Crippen molar-refractivity contribution in [2.75, 3.05) is 0 Å². The molecule has 1 saturated carbocycles. The molecule has 0 aliphatic heterocycles. The van der Waals surface area contributed by atoms with Crippen molar-refractivity contribution >= 4 is 12.4 Å². The second-order valence-electron chi connectivity index (χ2n) is 3.56. The smallest absolute Gasteiger partial charge is 0.0995 e. The Labute approximate surface area is 90.1 Å². The first-order valence-electron chi connectivity index (χ1n) is 4.57. The summed E-state index contributed by atoms with van der Waals surface area (Å²) in [6.07, 6.45) is 2.42. The lowest BCUT2D eigenvalue weighted by atomic mass is 9.98. The molecule has 1 aromatic carbocycles. The van der Waals surface area contributed by atoms with Crippen LogP contribution in [0.3, 0.4) is 0 Å². The van der Waals surface area contributed by atoms with Gasteiger partial charge in [0, 0.05) is 6.04 Å². The van der Waals surface area contributed by atoms with Gasteiger partial charge in [0.1, 0.15) is 0 Å². The van der Waals surface area contributed by atoms with Crippen molar-refractivity contribution in [3.63, 3.8) is 0 Å². The average Bonchev–Trinajstić information content (AvgIpc) is 3.00. The fraction of sp³-hybridized carbons (Fsp3) is 0.364. The van der Waals surface area contributed by atoms with Gasteiger partial charge in [0.25, 0.3) is 0 Å². The van der Waals surface area contributed by atoms with Crippen molar-refractivity contribution < 1.29 is 0 Å². The van der Waals surface area contributed by atoms with E-state index >= 15 is 0 Å². The predicted octanol–water partition coefficient (Wildman–Crippen LogP) is 2.39. The van der Waals surface area contributed by atoms with Crippen molar-refractivity contribution in [2.24, 2.45) is 11.7 Å². The summed E-state index contributed by atoms with van der Waals surface area (Å²) in [7, 11) is 0. The van der Waals surface area contributed by atoms with Crippen LogP contribution in [0.1, 0.15) is 30.0 Å². The van der Waals surface area contributed by atoms with E-state index in [9.17, 15) is 0 Å². The summed E-state index contributed by atoms with van der Waals surface area (Å²) >= 11 is 0. The molecule has 74 valence electrons. The van der Waals surface area contributed by atoms with Crippen LogP contribution in [0, 0.1) is 17.2 Å². The van der Waals surface area contributed by atoms with E-state index in [0.717, 1.165) is 11.1 Å². The third-order valence-corrected chi connectivity index (χ3v) is 2.57. The zero-order chi connectivity index (χ0) is 9.26. The van der Waals surface area contributed by atoms with E-state index in [-0.39, 0.29) is 18.4 Å². The van der Waals surface area contributed by atoms with Gasteiger partial charge in [-0.05, 0) is 30.4 Å². The first kappa shape index (κ1) is 11.0. The van der Waals surface area contributed by atoms with E-state index in [1.165, 1.54) is 12.8 Å². The van der Waals surface area contributed by atoms with Crippen molar-refractivity contribution in [1.29, 1.82) is 5.26 Å². The molecule has 2 rings (SSSR count). The molecule has 0 unspecified atom stereocenters. The Bertz CT molecular complexity index is 353. The summed E-state index contributed by atoms with van der Waals surface area (Å²) < 4.78 is 0. The lowest BCUT2D eigenvalue weighted by molar-refractivity contribution is 0.632. The summed E-state index contributed by atoms with van der Waals surface area (Å²) in [4.78, 5) is 0. The van der Waals surface area contributed by atoms with E-state index in [0.29, 0.717) is 5.92 Å². The van der Waals surface area contributed by atoms with Crippen LogP contribution >= 0.6 is 12.4 Å². The lowest BCUT2D eigenvalue weighted by Gasteiger charge is -2.11. The number of hydrogen-bond donors (Lipinski definition) is 1. The first-order chi connectivity index (χ1) is 6.33. The van der Waals surface area contributed by atoms with Crippen LogP contribution in [0.25, 0.3) is 0 Å². The Kier molecular flexibility index (Phi) is 3.51. The molecule has 1 aliphatic rings. The molecular formula is C11H13ClN2. The topological polar surface area (TPSA) is 49.8 Å². The number of nitrogens with two attached hydrogens (primary N) is 1. The summed E-state index contributed by atoms with van der Waals surface area (Å²) in [6.45, 7) is 0. The summed E-state index contributed by atoms with van der Waals surface area (Å²) in [5.74, 6) is 0.606. The Balaban J connectivity index is 0.000000980. The van der Waals surface area contributed by atoms with Gasteiger partial charge in [-0.15, -0.1) is 12.4 Å². The Morgan fingerprint density at radius 3 is 2.57 bits per heavy atom. The Morgan fingerprint density at radius 1 is 1.36 bits per heavy atom. The highest BCUT2D eigenvalue weighted by Crippen LogP contribution is 2.40. The molecule has 0 bridgehead atoms. The van der Waals surface area contributed by atoms with Crippen LogP contribution < -0.4 is 5.73 Å². The number of hydrogen-bond acceptors (Lipinski definition) is 2. The van der Waals surface area contributed by atoms with Crippen LogP contribution in [0.15, 0.2) is 24.3 Å². The van der Waals surface area contributed by atoms with Crippen molar-refractivity contribution in [3.8, 4) is 6.07 Å². The highest BCUT2D eigenvalue weighted by Gasteiger charge is 2.30. The molecular weight excluding hydrogens is 196 g/mol. The summed E-state index contributed by atoms with van der Waals surface area (Å²) in [6, 6.07) is 9.86. The molecule has 2 nitrogen and oxygen atoms in total. The van der Waals surface area contributed by atoms with Crippen LogP contribution in [-0.2, 0) is 0 Å². The zero-order valence-electron chi connectivity index (χ0n) is 7.81. The third-order valence-electron chi connectivity index (χ3n) is 2.57. The lowest BCUT2D eigenvalue weighted by Crippen LogP contribution is -2.13. The molecule has 0 spiro atoms. The van der Waals surface area contributed by atoms with E-state index in [1.807, 2.05) is 24.3 Å². The molecule has 1 fully saturated rings. The van der Waals surface area contributed by atoms with Gasteiger partial charge in [-0.25, -0.2) is 0 Å². The second-order valence-corrected chi connectivity index (χ2v) is 3.56. The fourth-order valence-corrected chi connectivity index (χ4v) is 1.60.